The average Bonchev–Trinajstić information content (AvgIpc) is 2.55. The van der Waals surface area contributed by atoms with Gasteiger partial charge >= 0.3 is 0 Å². The number of aryl methyl sites for hydroxylation is 1. The Hall–Kier alpha value is -0.670. The molecule has 1 aromatic heterocycles. The van der Waals surface area contributed by atoms with E-state index in [0.29, 0.717) is 12.8 Å². The number of rotatable bonds is 2. The van der Waals surface area contributed by atoms with Crippen LogP contribution in [0, 0.1) is 6.92 Å². The van der Waals surface area contributed by atoms with Crippen molar-refractivity contribution in [2.45, 2.75) is 51.0 Å². The molecule has 1 fully saturated rings. The Bertz CT molecular complexity index is 373. The van der Waals surface area contributed by atoms with Crippen LogP contribution in [-0.4, -0.2) is 16.5 Å². The Labute approximate surface area is 100 Å². The van der Waals surface area contributed by atoms with E-state index in [9.17, 15) is 9.90 Å². The standard InChI is InChI=1S/C13H18O2S/c1-10-6-9-16-11(10)12(14)13(15)7-4-2-3-5-8-13/h6,9,15H,2-5,7-8H2,1H3. The van der Waals surface area contributed by atoms with Crippen LogP contribution in [0.3, 0.4) is 0 Å². The smallest absolute Gasteiger partial charge is 0.204 e. The minimum atomic E-state index is -1.09. The van der Waals surface area contributed by atoms with E-state index in [1.807, 2.05) is 18.4 Å². The summed E-state index contributed by atoms with van der Waals surface area (Å²) in [5.41, 5.74) is -0.0979. The van der Waals surface area contributed by atoms with Crippen LogP contribution in [-0.2, 0) is 0 Å². The van der Waals surface area contributed by atoms with Crippen LogP contribution < -0.4 is 0 Å². The van der Waals surface area contributed by atoms with Crippen LogP contribution in [0.2, 0.25) is 0 Å². The first-order valence-corrected chi connectivity index (χ1v) is 6.83. The van der Waals surface area contributed by atoms with E-state index < -0.39 is 5.60 Å². The zero-order chi connectivity index (χ0) is 11.6. The molecule has 1 saturated carbocycles. The molecule has 0 radical (unpaired) electrons. The van der Waals surface area contributed by atoms with Crippen molar-refractivity contribution in [3.63, 3.8) is 0 Å². The van der Waals surface area contributed by atoms with Crippen LogP contribution in [0.1, 0.15) is 53.8 Å². The van der Waals surface area contributed by atoms with Gasteiger partial charge in [-0.1, -0.05) is 25.7 Å². The number of Topliss-reactive ketones (excluding diaryl/α,β-unsaturated/α-hetero) is 1. The van der Waals surface area contributed by atoms with Crippen LogP contribution in [0.15, 0.2) is 11.4 Å². The molecule has 3 heteroatoms. The monoisotopic (exact) mass is 238 g/mol. The quantitative estimate of drug-likeness (QED) is 0.634. The minimum Gasteiger partial charge on any atom is -0.382 e. The first-order chi connectivity index (χ1) is 7.63. The lowest BCUT2D eigenvalue weighted by Gasteiger charge is -2.24. The zero-order valence-electron chi connectivity index (χ0n) is 9.66. The molecule has 0 saturated heterocycles. The molecule has 16 heavy (non-hydrogen) atoms. The Morgan fingerprint density at radius 1 is 1.31 bits per heavy atom. The number of hydrogen-bond donors (Lipinski definition) is 1. The first kappa shape index (κ1) is 11.8. The Morgan fingerprint density at radius 2 is 1.94 bits per heavy atom. The van der Waals surface area contributed by atoms with E-state index in [2.05, 4.69) is 0 Å². The lowest BCUT2D eigenvalue weighted by molar-refractivity contribution is 0.0241. The van der Waals surface area contributed by atoms with Gasteiger partial charge in [-0.25, -0.2) is 0 Å². The lowest BCUT2D eigenvalue weighted by atomic mass is 9.88. The summed E-state index contributed by atoms with van der Waals surface area (Å²) in [7, 11) is 0. The molecule has 0 spiro atoms. The highest BCUT2D eigenvalue weighted by Gasteiger charge is 2.37. The predicted octanol–water partition coefficient (Wildman–Crippen LogP) is 3.32. The second-order valence-corrected chi connectivity index (χ2v) is 5.62. The average molecular weight is 238 g/mol. The highest BCUT2D eigenvalue weighted by molar-refractivity contribution is 7.12. The molecule has 0 unspecified atom stereocenters. The third kappa shape index (κ3) is 2.20. The number of aliphatic hydroxyl groups is 1. The van der Waals surface area contributed by atoms with E-state index in [4.69, 9.17) is 0 Å². The van der Waals surface area contributed by atoms with Crippen molar-refractivity contribution < 1.29 is 9.90 Å². The SMILES string of the molecule is Cc1ccsc1C(=O)C1(O)CCCCCC1. The molecule has 0 aliphatic heterocycles. The molecule has 2 rings (SSSR count). The second-order valence-electron chi connectivity index (χ2n) is 4.71. The zero-order valence-corrected chi connectivity index (χ0v) is 10.5. The van der Waals surface area contributed by atoms with Gasteiger partial charge in [0.05, 0.1) is 4.88 Å². The summed E-state index contributed by atoms with van der Waals surface area (Å²) in [5.74, 6) is -0.0538. The van der Waals surface area contributed by atoms with E-state index in [1.54, 1.807) is 0 Å². The fourth-order valence-corrected chi connectivity index (χ4v) is 3.32. The largest absolute Gasteiger partial charge is 0.382 e. The highest BCUT2D eigenvalue weighted by Crippen LogP contribution is 2.32. The number of hydrogen-bond acceptors (Lipinski definition) is 3. The molecule has 1 N–H and O–H groups in total. The molecule has 1 aromatic rings. The van der Waals surface area contributed by atoms with Crippen molar-refractivity contribution in [2.24, 2.45) is 0 Å². The van der Waals surface area contributed by atoms with Gasteiger partial charge in [0.15, 0.2) is 0 Å². The van der Waals surface area contributed by atoms with E-state index >= 15 is 0 Å². The van der Waals surface area contributed by atoms with Gasteiger partial charge in [0, 0.05) is 0 Å². The van der Waals surface area contributed by atoms with Gasteiger partial charge < -0.3 is 5.11 Å². The number of carbonyl (C=O) groups excluding carboxylic acids is 1. The summed E-state index contributed by atoms with van der Waals surface area (Å²) >= 11 is 1.45. The summed E-state index contributed by atoms with van der Waals surface area (Å²) in [6, 6.07) is 1.94. The summed E-state index contributed by atoms with van der Waals surface area (Å²) in [6.45, 7) is 1.93. The normalized spacial score (nSPS) is 20.4. The van der Waals surface area contributed by atoms with Crippen molar-refractivity contribution in [3.8, 4) is 0 Å². The molecule has 1 heterocycles. The predicted molar refractivity (Wildman–Crippen MR) is 66.0 cm³/mol. The van der Waals surface area contributed by atoms with Crippen LogP contribution >= 0.6 is 11.3 Å². The van der Waals surface area contributed by atoms with Crippen LogP contribution in [0.4, 0.5) is 0 Å². The summed E-state index contributed by atoms with van der Waals surface area (Å²) < 4.78 is 0. The molecule has 0 amide bonds. The van der Waals surface area contributed by atoms with E-state index in [1.165, 1.54) is 11.3 Å². The Kier molecular flexibility index (Phi) is 3.45. The highest BCUT2D eigenvalue weighted by atomic mass is 32.1. The fraction of sp³-hybridized carbons (Fsp3) is 0.615. The van der Waals surface area contributed by atoms with Crippen LogP contribution in [0.5, 0.6) is 0 Å². The number of ketones is 1. The molecular weight excluding hydrogens is 220 g/mol. The van der Waals surface area contributed by atoms with Gasteiger partial charge in [0.25, 0.3) is 0 Å². The molecule has 2 nitrogen and oxygen atoms in total. The maximum absolute atomic E-state index is 12.3. The van der Waals surface area contributed by atoms with Crippen molar-refractivity contribution in [1.82, 2.24) is 0 Å². The maximum atomic E-state index is 12.3. The lowest BCUT2D eigenvalue weighted by Crippen LogP contribution is -2.37. The van der Waals surface area contributed by atoms with Crippen molar-refractivity contribution in [3.05, 3.63) is 21.9 Å². The molecule has 0 atom stereocenters. The van der Waals surface area contributed by atoms with Crippen molar-refractivity contribution in [2.75, 3.05) is 0 Å². The Balaban J connectivity index is 2.22. The topological polar surface area (TPSA) is 37.3 Å². The minimum absolute atomic E-state index is 0.0538. The summed E-state index contributed by atoms with van der Waals surface area (Å²) in [4.78, 5) is 13.1. The third-order valence-corrected chi connectivity index (χ3v) is 4.44. The molecule has 0 bridgehead atoms. The van der Waals surface area contributed by atoms with E-state index in [0.717, 1.165) is 36.1 Å². The molecule has 1 aliphatic carbocycles. The van der Waals surface area contributed by atoms with Crippen molar-refractivity contribution in [1.29, 1.82) is 0 Å². The number of carbonyl (C=O) groups is 1. The fourth-order valence-electron chi connectivity index (χ4n) is 2.36. The van der Waals surface area contributed by atoms with E-state index in [-0.39, 0.29) is 5.78 Å². The van der Waals surface area contributed by atoms with Crippen molar-refractivity contribution >= 4 is 17.1 Å². The van der Waals surface area contributed by atoms with Gasteiger partial charge in [0.2, 0.25) is 5.78 Å². The number of thiophene rings is 1. The summed E-state index contributed by atoms with van der Waals surface area (Å²) in [5, 5.41) is 12.4. The summed E-state index contributed by atoms with van der Waals surface area (Å²) in [6.07, 6.45) is 5.46. The van der Waals surface area contributed by atoms with Gasteiger partial charge in [-0.05, 0) is 36.8 Å². The van der Waals surface area contributed by atoms with Crippen LogP contribution in [0.25, 0.3) is 0 Å². The maximum Gasteiger partial charge on any atom is 0.204 e. The van der Waals surface area contributed by atoms with Gasteiger partial charge in [0.1, 0.15) is 5.60 Å². The van der Waals surface area contributed by atoms with Gasteiger partial charge in [-0.3, -0.25) is 4.79 Å². The Morgan fingerprint density at radius 3 is 2.44 bits per heavy atom. The molecule has 88 valence electrons. The molecule has 1 aliphatic rings. The third-order valence-electron chi connectivity index (χ3n) is 3.42. The first-order valence-electron chi connectivity index (χ1n) is 5.95. The van der Waals surface area contributed by atoms with Gasteiger partial charge in [-0.15, -0.1) is 11.3 Å². The van der Waals surface area contributed by atoms with Gasteiger partial charge in [-0.2, -0.15) is 0 Å². The molecular formula is C13H18O2S. The molecule has 0 aromatic carbocycles. The second kappa shape index (κ2) is 4.68.